The smallest absolute Gasteiger partial charge is 0.306 e. The predicted molar refractivity (Wildman–Crippen MR) is 324 cm³/mol. The highest BCUT2D eigenvalue weighted by Crippen LogP contribution is 2.26. The van der Waals surface area contributed by atoms with Gasteiger partial charge in [0, 0.05) is 6.42 Å². The lowest BCUT2D eigenvalue weighted by atomic mass is 9.99. The van der Waals surface area contributed by atoms with Gasteiger partial charge in [0.2, 0.25) is 5.91 Å². The van der Waals surface area contributed by atoms with Crippen LogP contribution in [0.2, 0.25) is 0 Å². The SMILES string of the molecule is CC/C=C/C=C/C=C\C=C/C=C/CCCC(=O)OC1C(OCC(NC(=O)C(O)CCCCCCCCCCCCCCCCCCCCCCCCCC)C(O)/C=C/CCCCCCCCCCCC)OC(CO)C(O)C1O. The number of hydrogen-bond acceptors (Lipinski definition) is 10. The maximum absolute atomic E-state index is 13.4. The number of amides is 1. The Kier molecular flexibility index (Phi) is 51.3. The van der Waals surface area contributed by atoms with Crippen molar-refractivity contribution >= 4 is 11.9 Å². The predicted octanol–water partition coefficient (Wildman–Crippen LogP) is 15.6. The van der Waals surface area contributed by atoms with Crippen molar-refractivity contribution < 1.29 is 49.3 Å². The number of rotatable bonds is 54. The topological polar surface area (TPSA) is 175 Å². The van der Waals surface area contributed by atoms with Crippen molar-refractivity contribution in [1.82, 2.24) is 5.32 Å². The van der Waals surface area contributed by atoms with E-state index in [2.05, 4.69) is 32.2 Å². The van der Waals surface area contributed by atoms with Gasteiger partial charge in [0.15, 0.2) is 12.4 Å². The molecule has 1 aliphatic heterocycles. The van der Waals surface area contributed by atoms with E-state index in [1.54, 1.807) is 6.08 Å². The van der Waals surface area contributed by atoms with E-state index in [9.17, 15) is 35.1 Å². The Morgan fingerprint density at radius 1 is 0.513 bits per heavy atom. The standard InChI is InChI=1S/C67H119NO10/c1-4-7-10-13-16-19-22-25-26-27-28-29-30-31-32-33-34-35-37-39-42-45-48-51-54-60(71)66(75)68-58(59(70)53-50-47-44-41-38-24-21-18-15-12-9-6-3)57-76-67-65(64(74)63(73)61(56-69)77-67)78-62(72)55-52-49-46-43-40-36-23-20-17-14-11-8-5-2/h8,11,14,17,20,23,36,40,43,46,50,53,58-61,63-65,67,69-71,73-74H,4-7,9-10,12-13,15-16,18-19,21-22,24-35,37-39,41-42,44-45,47-49,51-52,54-57H2,1-3H3,(H,68,75)/b11-8+,17-14+,23-20-,40-36-,46-43+,53-50+. The average Bonchev–Trinajstić information content (AvgIpc) is 3.44. The zero-order valence-corrected chi connectivity index (χ0v) is 50.0. The van der Waals surface area contributed by atoms with Crippen molar-refractivity contribution in [3.63, 3.8) is 0 Å². The number of aliphatic hydroxyl groups is 5. The molecule has 452 valence electrons. The number of allylic oxidation sites excluding steroid dienone is 11. The molecule has 1 rings (SSSR count). The number of nitrogens with one attached hydrogen (secondary N) is 1. The summed E-state index contributed by atoms with van der Waals surface area (Å²) in [6.45, 7) is 5.62. The Bertz CT molecular complexity index is 1540. The summed E-state index contributed by atoms with van der Waals surface area (Å²) in [4.78, 5) is 26.5. The molecule has 11 nitrogen and oxygen atoms in total. The van der Waals surface area contributed by atoms with Gasteiger partial charge < -0.3 is 45.1 Å². The van der Waals surface area contributed by atoms with Crippen molar-refractivity contribution in [2.24, 2.45) is 0 Å². The van der Waals surface area contributed by atoms with Gasteiger partial charge in [-0.15, -0.1) is 0 Å². The molecule has 1 amide bonds. The highest BCUT2D eigenvalue weighted by Gasteiger charge is 2.47. The fourth-order valence-electron chi connectivity index (χ4n) is 9.92. The molecule has 8 unspecified atom stereocenters. The number of unbranched alkanes of at least 4 members (excludes halogenated alkanes) is 34. The molecular weight excluding hydrogens is 979 g/mol. The molecule has 1 saturated heterocycles. The molecule has 1 heterocycles. The summed E-state index contributed by atoms with van der Waals surface area (Å²) in [5, 5.41) is 56.9. The number of ether oxygens (including phenoxy) is 3. The third-order valence-corrected chi connectivity index (χ3v) is 15.0. The summed E-state index contributed by atoms with van der Waals surface area (Å²) in [7, 11) is 0. The summed E-state index contributed by atoms with van der Waals surface area (Å²) in [5.74, 6) is -1.27. The first kappa shape index (κ1) is 73.1. The maximum Gasteiger partial charge on any atom is 0.306 e. The van der Waals surface area contributed by atoms with Gasteiger partial charge in [-0.25, -0.2) is 0 Å². The third kappa shape index (κ3) is 42.0. The molecule has 78 heavy (non-hydrogen) atoms. The summed E-state index contributed by atoms with van der Waals surface area (Å²) in [5.41, 5.74) is 0. The van der Waals surface area contributed by atoms with E-state index in [1.807, 2.05) is 60.8 Å². The lowest BCUT2D eigenvalue weighted by molar-refractivity contribution is -0.305. The number of carbonyl (C=O) groups excluding carboxylic acids is 2. The first-order chi connectivity index (χ1) is 38.2. The first-order valence-electron chi connectivity index (χ1n) is 32.3. The molecule has 0 aromatic carbocycles. The zero-order valence-electron chi connectivity index (χ0n) is 50.0. The fourth-order valence-corrected chi connectivity index (χ4v) is 9.92. The molecule has 8 atom stereocenters. The quantitative estimate of drug-likeness (QED) is 0.0149. The Morgan fingerprint density at radius 3 is 1.37 bits per heavy atom. The van der Waals surface area contributed by atoms with E-state index >= 15 is 0 Å². The second-order valence-corrected chi connectivity index (χ2v) is 22.2. The van der Waals surface area contributed by atoms with Crippen LogP contribution in [0.5, 0.6) is 0 Å². The molecule has 0 aromatic rings. The molecule has 6 N–H and O–H groups in total. The zero-order chi connectivity index (χ0) is 56.8. The van der Waals surface area contributed by atoms with Gasteiger partial charge in [0.1, 0.15) is 24.4 Å². The summed E-state index contributed by atoms with van der Waals surface area (Å²) < 4.78 is 17.5. The van der Waals surface area contributed by atoms with E-state index in [0.717, 1.165) is 44.9 Å². The second kappa shape index (κ2) is 54.7. The Balaban J connectivity index is 2.62. The minimum Gasteiger partial charge on any atom is -0.454 e. The van der Waals surface area contributed by atoms with E-state index in [4.69, 9.17) is 14.2 Å². The number of aliphatic hydroxyl groups excluding tert-OH is 5. The molecule has 11 heteroatoms. The third-order valence-electron chi connectivity index (χ3n) is 15.0. The van der Waals surface area contributed by atoms with Crippen molar-refractivity contribution in [2.45, 2.75) is 327 Å². The second-order valence-electron chi connectivity index (χ2n) is 22.2. The van der Waals surface area contributed by atoms with Gasteiger partial charge in [0.05, 0.1) is 25.4 Å². The van der Waals surface area contributed by atoms with Gasteiger partial charge >= 0.3 is 5.97 Å². The molecule has 0 radical (unpaired) electrons. The van der Waals surface area contributed by atoms with Crippen molar-refractivity contribution in [3.05, 3.63) is 72.9 Å². The molecule has 0 saturated carbocycles. The Labute approximate surface area is 477 Å². The van der Waals surface area contributed by atoms with Crippen LogP contribution in [-0.4, -0.2) is 99.6 Å². The monoisotopic (exact) mass is 1100 g/mol. The van der Waals surface area contributed by atoms with Gasteiger partial charge in [-0.05, 0) is 38.5 Å². The first-order valence-corrected chi connectivity index (χ1v) is 32.3. The largest absolute Gasteiger partial charge is 0.454 e. The summed E-state index contributed by atoms with van der Waals surface area (Å²) in [6, 6.07) is -1.04. The van der Waals surface area contributed by atoms with E-state index in [0.29, 0.717) is 19.3 Å². The van der Waals surface area contributed by atoms with Crippen LogP contribution in [0.3, 0.4) is 0 Å². The number of carbonyl (C=O) groups is 2. The van der Waals surface area contributed by atoms with E-state index in [1.165, 1.54) is 180 Å². The molecular formula is C67H119NO10. The highest BCUT2D eigenvalue weighted by molar-refractivity contribution is 5.80. The summed E-state index contributed by atoms with van der Waals surface area (Å²) in [6.07, 6.45) is 59.7. The highest BCUT2D eigenvalue weighted by atomic mass is 16.7. The molecule has 0 aromatic heterocycles. The molecule has 0 aliphatic carbocycles. The van der Waals surface area contributed by atoms with Gasteiger partial charge in [-0.1, -0.05) is 306 Å². The van der Waals surface area contributed by atoms with Crippen molar-refractivity contribution in [2.75, 3.05) is 13.2 Å². The van der Waals surface area contributed by atoms with Crippen LogP contribution in [0.25, 0.3) is 0 Å². The summed E-state index contributed by atoms with van der Waals surface area (Å²) >= 11 is 0. The molecule has 1 fully saturated rings. The van der Waals surface area contributed by atoms with Crippen molar-refractivity contribution in [3.8, 4) is 0 Å². The van der Waals surface area contributed by atoms with Crippen LogP contribution in [0.4, 0.5) is 0 Å². The van der Waals surface area contributed by atoms with Crippen LogP contribution >= 0.6 is 0 Å². The van der Waals surface area contributed by atoms with Crippen molar-refractivity contribution in [1.29, 1.82) is 0 Å². The lowest BCUT2D eigenvalue weighted by Crippen LogP contribution is -2.61. The van der Waals surface area contributed by atoms with Crippen LogP contribution < -0.4 is 5.32 Å². The van der Waals surface area contributed by atoms with Crippen LogP contribution in [0, 0.1) is 0 Å². The van der Waals surface area contributed by atoms with E-state index < -0.39 is 67.4 Å². The van der Waals surface area contributed by atoms with Gasteiger partial charge in [-0.3, -0.25) is 9.59 Å². The molecule has 0 spiro atoms. The van der Waals surface area contributed by atoms with E-state index in [-0.39, 0.29) is 19.4 Å². The average molecular weight is 1100 g/mol. The number of hydrogen-bond donors (Lipinski definition) is 6. The normalized spacial score (nSPS) is 19.4. The molecule has 0 bridgehead atoms. The van der Waals surface area contributed by atoms with Crippen LogP contribution in [-0.2, 0) is 23.8 Å². The Hall–Kier alpha value is -2.90. The lowest BCUT2D eigenvalue weighted by Gasteiger charge is -2.41. The van der Waals surface area contributed by atoms with Crippen LogP contribution in [0.1, 0.15) is 278 Å². The fraction of sp³-hybridized carbons (Fsp3) is 0.791. The van der Waals surface area contributed by atoms with Gasteiger partial charge in [-0.2, -0.15) is 0 Å². The Morgan fingerprint density at radius 2 is 0.923 bits per heavy atom. The van der Waals surface area contributed by atoms with Gasteiger partial charge in [0.25, 0.3) is 0 Å². The maximum atomic E-state index is 13.4. The minimum atomic E-state index is -1.64. The molecule has 1 aliphatic rings. The number of esters is 1. The minimum absolute atomic E-state index is 0.0260. The van der Waals surface area contributed by atoms with Crippen LogP contribution in [0.15, 0.2) is 72.9 Å².